The fourth-order valence-electron chi connectivity index (χ4n) is 5.32. The van der Waals surface area contributed by atoms with Gasteiger partial charge in [0.2, 0.25) is 0 Å². The highest BCUT2D eigenvalue weighted by Gasteiger charge is 2.67. The third-order valence-electron chi connectivity index (χ3n) is 6.27. The average Bonchev–Trinajstić information content (AvgIpc) is 2.74. The highest BCUT2D eigenvalue weighted by atomic mass is 16.5. The third kappa shape index (κ3) is 1.03. The molecule has 0 spiro atoms. The van der Waals surface area contributed by atoms with Crippen molar-refractivity contribution in [3.63, 3.8) is 0 Å². The van der Waals surface area contributed by atoms with Crippen LogP contribution >= 0.6 is 0 Å². The van der Waals surface area contributed by atoms with Crippen molar-refractivity contribution in [3.05, 3.63) is 0 Å². The molecule has 0 aromatic heterocycles. The molecule has 0 aliphatic heterocycles. The van der Waals surface area contributed by atoms with Crippen LogP contribution in [0.2, 0.25) is 0 Å². The molecule has 1 nitrogen and oxygen atoms in total. The Kier molecular flexibility index (Phi) is 1.89. The van der Waals surface area contributed by atoms with Crippen molar-refractivity contribution < 1.29 is 4.74 Å². The molecule has 0 radical (unpaired) electrons. The lowest BCUT2D eigenvalue weighted by Gasteiger charge is -2.47. The van der Waals surface area contributed by atoms with Crippen LogP contribution in [0.5, 0.6) is 0 Å². The van der Waals surface area contributed by atoms with Gasteiger partial charge < -0.3 is 4.74 Å². The van der Waals surface area contributed by atoms with Crippen molar-refractivity contribution in [2.75, 3.05) is 7.11 Å². The van der Waals surface area contributed by atoms with E-state index in [1.54, 1.807) is 0 Å². The second-order valence-electron chi connectivity index (χ2n) is 6.87. The summed E-state index contributed by atoms with van der Waals surface area (Å²) in [4.78, 5) is 0. The molecule has 3 rings (SSSR count). The topological polar surface area (TPSA) is 9.23 Å². The van der Waals surface area contributed by atoms with Gasteiger partial charge in [0, 0.05) is 7.11 Å². The van der Waals surface area contributed by atoms with Crippen LogP contribution in [0.15, 0.2) is 0 Å². The monoisotopic (exact) mass is 208 g/mol. The minimum Gasteiger partial charge on any atom is -0.378 e. The summed E-state index contributed by atoms with van der Waals surface area (Å²) >= 11 is 0. The van der Waals surface area contributed by atoms with Crippen LogP contribution in [0.4, 0.5) is 0 Å². The molecule has 1 heteroatoms. The van der Waals surface area contributed by atoms with Gasteiger partial charge >= 0.3 is 0 Å². The lowest BCUT2D eigenvalue weighted by Crippen LogP contribution is -2.48. The molecule has 3 fully saturated rings. The van der Waals surface area contributed by atoms with Gasteiger partial charge in [-0.2, -0.15) is 0 Å². The van der Waals surface area contributed by atoms with Crippen LogP contribution < -0.4 is 0 Å². The summed E-state index contributed by atoms with van der Waals surface area (Å²) in [5.74, 6) is 3.92. The predicted molar refractivity (Wildman–Crippen MR) is 61.6 cm³/mol. The Hall–Kier alpha value is -0.0400. The second kappa shape index (κ2) is 2.80. The standard InChI is InChI=1S/C14H24O/c1-9-5-11-10-7-13(2,12(11)6-9)14(3,8-10)15-4/h9-12H,5-8H2,1-4H3. The van der Waals surface area contributed by atoms with Crippen LogP contribution in [0.25, 0.3) is 0 Å². The molecule has 3 saturated carbocycles. The minimum atomic E-state index is 0.170. The maximum atomic E-state index is 5.88. The highest BCUT2D eigenvalue weighted by molar-refractivity contribution is 5.16. The maximum Gasteiger partial charge on any atom is 0.0709 e. The zero-order valence-electron chi connectivity index (χ0n) is 10.5. The molecule has 0 heterocycles. The first-order valence-corrected chi connectivity index (χ1v) is 6.55. The van der Waals surface area contributed by atoms with E-state index in [4.69, 9.17) is 4.74 Å². The average molecular weight is 208 g/mol. The maximum absolute atomic E-state index is 5.88. The van der Waals surface area contributed by atoms with Crippen molar-refractivity contribution in [1.29, 1.82) is 0 Å². The third-order valence-corrected chi connectivity index (χ3v) is 6.27. The van der Waals surface area contributed by atoms with E-state index in [1.807, 2.05) is 7.11 Å². The van der Waals surface area contributed by atoms with Gasteiger partial charge in [0.25, 0.3) is 0 Å². The first kappa shape index (κ1) is 10.1. The van der Waals surface area contributed by atoms with E-state index < -0.39 is 0 Å². The highest BCUT2D eigenvalue weighted by Crippen LogP contribution is 2.70. The molecule has 0 saturated heterocycles. The van der Waals surface area contributed by atoms with Gasteiger partial charge in [0.05, 0.1) is 5.60 Å². The molecule has 0 N–H and O–H groups in total. The van der Waals surface area contributed by atoms with Crippen molar-refractivity contribution in [2.45, 2.75) is 52.1 Å². The largest absolute Gasteiger partial charge is 0.378 e. The first-order valence-electron chi connectivity index (χ1n) is 6.55. The van der Waals surface area contributed by atoms with Crippen molar-refractivity contribution in [3.8, 4) is 0 Å². The van der Waals surface area contributed by atoms with Crippen LogP contribution in [0.1, 0.15) is 46.5 Å². The van der Waals surface area contributed by atoms with Crippen molar-refractivity contribution >= 4 is 0 Å². The Bertz CT molecular complexity index is 285. The van der Waals surface area contributed by atoms with Gasteiger partial charge in [-0.1, -0.05) is 13.8 Å². The normalized spacial score (nSPS) is 62.4. The van der Waals surface area contributed by atoms with Gasteiger partial charge in [0.15, 0.2) is 0 Å². The summed E-state index contributed by atoms with van der Waals surface area (Å²) < 4.78 is 5.88. The zero-order chi connectivity index (χ0) is 10.8. The number of hydrogen-bond donors (Lipinski definition) is 0. The Balaban J connectivity index is 1.96. The van der Waals surface area contributed by atoms with Gasteiger partial charge in [-0.15, -0.1) is 0 Å². The molecule has 0 aromatic rings. The Morgan fingerprint density at radius 1 is 1.13 bits per heavy atom. The quantitative estimate of drug-likeness (QED) is 0.641. The minimum absolute atomic E-state index is 0.170. The predicted octanol–water partition coefficient (Wildman–Crippen LogP) is 3.48. The zero-order valence-corrected chi connectivity index (χ0v) is 10.5. The van der Waals surface area contributed by atoms with E-state index in [9.17, 15) is 0 Å². The summed E-state index contributed by atoms with van der Waals surface area (Å²) in [7, 11) is 1.92. The number of ether oxygens (including phenoxy) is 1. The molecule has 86 valence electrons. The lowest BCUT2D eigenvalue weighted by molar-refractivity contribution is -0.114. The van der Waals surface area contributed by atoms with Crippen LogP contribution in [-0.2, 0) is 4.74 Å². The van der Waals surface area contributed by atoms with Gasteiger partial charge in [-0.25, -0.2) is 0 Å². The number of hydrogen-bond acceptors (Lipinski definition) is 1. The van der Waals surface area contributed by atoms with E-state index in [0.29, 0.717) is 5.41 Å². The molecular weight excluding hydrogens is 184 g/mol. The molecule has 15 heavy (non-hydrogen) atoms. The summed E-state index contributed by atoms with van der Waals surface area (Å²) in [5, 5.41) is 0. The van der Waals surface area contributed by atoms with Gasteiger partial charge in [-0.05, 0) is 61.7 Å². The second-order valence-corrected chi connectivity index (χ2v) is 6.87. The Morgan fingerprint density at radius 2 is 1.87 bits per heavy atom. The smallest absolute Gasteiger partial charge is 0.0709 e. The molecule has 0 amide bonds. The Morgan fingerprint density at radius 3 is 2.53 bits per heavy atom. The van der Waals surface area contributed by atoms with E-state index in [0.717, 1.165) is 23.7 Å². The summed E-state index contributed by atoms with van der Waals surface area (Å²) in [6, 6.07) is 0. The molecule has 6 unspecified atom stereocenters. The van der Waals surface area contributed by atoms with Gasteiger partial charge in [0.1, 0.15) is 0 Å². The number of fused-ring (bicyclic) bond motifs is 5. The lowest BCUT2D eigenvalue weighted by atomic mass is 9.64. The van der Waals surface area contributed by atoms with E-state index in [1.165, 1.54) is 25.7 Å². The van der Waals surface area contributed by atoms with Crippen molar-refractivity contribution in [2.24, 2.45) is 29.1 Å². The number of methoxy groups -OCH3 is 1. The molecule has 3 aliphatic carbocycles. The number of rotatable bonds is 1. The Labute approximate surface area is 93.6 Å². The fourth-order valence-corrected chi connectivity index (χ4v) is 5.32. The summed E-state index contributed by atoms with van der Waals surface area (Å²) in [6.45, 7) is 7.29. The fraction of sp³-hybridized carbons (Fsp3) is 1.00. The van der Waals surface area contributed by atoms with Gasteiger partial charge in [-0.3, -0.25) is 0 Å². The van der Waals surface area contributed by atoms with Crippen molar-refractivity contribution in [1.82, 2.24) is 0 Å². The molecule has 2 bridgehead atoms. The van der Waals surface area contributed by atoms with E-state index in [-0.39, 0.29) is 5.60 Å². The summed E-state index contributed by atoms with van der Waals surface area (Å²) in [5.41, 5.74) is 0.644. The molecule has 0 aromatic carbocycles. The molecule has 6 atom stereocenters. The SMILES string of the molecule is COC1(C)CC2CC1(C)C1CC(C)CC21. The van der Waals surface area contributed by atoms with Crippen LogP contribution in [0, 0.1) is 29.1 Å². The molecular formula is C14H24O. The van der Waals surface area contributed by atoms with Crippen LogP contribution in [-0.4, -0.2) is 12.7 Å². The summed E-state index contributed by atoms with van der Waals surface area (Å²) in [6.07, 6.45) is 5.69. The van der Waals surface area contributed by atoms with E-state index in [2.05, 4.69) is 20.8 Å². The first-order chi connectivity index (χ1) is 7.00. The molecule has 3 aliphatic rings. The van der Waals surface area contributed by atoms with E-state index >= 15 is 0 Å². The van der Waals surface area contributed by atoms with Crippen LogP contribution in [0.3, 0.4) is 0 Å².